The van der Waals surface area contributed by atoms with Crippen LogP contribution in [0.15, 0.2) is 88.2 Å². The average molecular weight is 405 g/mol. The highest BCUT2D eigenvalue weighted by atomic mass is 35.5. The van der Waals surface area contributed by atoms with E-state index in [0.717, 1.165) is 0 Å². The maximum Gasteiger partial charge on any atom is 0.284 e. The van der Waals surface area contributed by atoms with Crippen LogP contribution in [0.4, 0.5) is 5.69 Å². The van der Waals surface area contributed by atoms with Crippen LogP contribution >= 0.6 is 23.2 Å². The minimum atomic E-state index is -3.88. The number of nitrogens with zero attached hydrogens (tertiary/aromatic N) is 1. The summed E-state index contributed by atoms with van der Waals surface area (Å²) in [6, 6.07) is 21.7. The largest absolute Gasteiger partial charge is 0.339 e. The van der Waals surface area contributed by atoms with Gasteiger partial charge in [-0.1, -0.05) is 41.4 Å². The van der Waals surface area contributed by atoms with Gasteiger partial charge in [0.05, 0.1) is 4.90 Å². The fourth-order valence-corrected chi connectivity index (χ4v) is 3.44. The van der Waals surface area contributed by atoms with Crippen molar-refractivity contribution in [1.82, 2.24) is 0 Å². The Labute approximate surface area is 162 Å². The molecular formula is C19H14Cl2N2O2S. The van der Waals surface area contributed by atoms with E-state index in [1.165, 1.54) is 12.1 Å². The van der Waals surface area contributed by atoms with Crippen molar-refractivity contribution in [2.45, 2.75) is 4.90 Å². The Bertz CT molecular complexity index is 1020. The first kappa shape index (κ1) is 18.5. The van der Waals surface area contributed by atoms with Gasteiger partial charge in [0.15, 0.2) is 5.84 Å². The van der Waals surface area contributed by atoms with Crippen molar-refractivity contribution in [3.8, 4) is 0 Å². The first-order chi connectivity index (χ1) is 12.4. The van der Waals surface area contributed by atoms with Gasteiger partial charge in [0.1, 0.15) is 0 Å². The Hall–Kier alpha value is -2.34. The summed E-state index contributed by atoms with van der Waals surface area (Å²) in [4.78, 5) is 0.115. The molecule has 0 spiro atoms. The number of sulfonamides is 1. The molecular weight excluding hydrogens is 391 g/mol. The van der Waals surface area contributed by atoms with E-state index in [1.807, 2.05) is 0 Å². The summed E-state index contributed by atoms with van der Waals surface area (Å²) in [6.07, 6.45) is 0. The quantitative estimate of drug-likeness (QED) is 0.477. The van der Waals surface area contributed by atoms with Crippen LogP contribution in [0.5, 0.6) is 0 Å². The molecule has 26 heavy (non-hydrogen) atoms. The minimum Gasteiger partial charge on any atom is -0.339 e. The second kappa shape index (κ2) is 7.91. The van der Waals surface area contributed by atoms with Crippen LogP contribution < -0.4 is 5.32 Å². The van der Waals surface area contributed by atoms with Gasteiger partial charge in [-0.15, -0.1) is 4.40 Å². The lowest BCUT2D eigenvalue weighted by atomic mass is 10.2. The molecule has 0 bridgehead atoms. The lowest BCUT2D eigenvalue weighted by molar-refractivity contribution is 0.598. The van der Waals surface area contributed by atoms with E-state index < -0.39 is 10.0 Å². The summed E-state index contributed by atoms with van der Waals surface area (Å²) in [5.41, 5.74) is 1.25. The van der Waals surface area contributed by atoms with E-state index in [2.05, 4.69) is 9.71 Å². The van der Waals surface area contributed by atoms with E-state index in [9.17, 15) is 8.42 Å². The van der Waals surface area contributed by atoms with Crippen molar-refractivity contribution in [3.63, 3.8) is 0 Å². The molecule has 0 saturated heterocycles. The summed E-state index contributed by atoms with van der Waals surface area (Å²) >= 11 is 11.8. The lowest BCUT2D eigenvalue weighted by Gasteiger charge is -2.11. The predicted molar refractivity (Wildman–Crippen MR) is 107 cm³/mol. The molecule has 0 aromatic heterocycles. The van der Waals surface area contributed by atoms with E-state index >= 15 is 0 Å². The Morgan fingerprint density at radius 1 is 0.769 bits per heavy atom. The van der Waals surface area contributed by atoms with Crippen LogP contribution in [0.3, 0.4) is 0 Å². The Morgan fingerprint density at radius 2 is 1.31 bits per heavy atom. The molecule has 0 aliphatic rings. The number of amidine groups is 1. The molecule has 7 heteroatoms. The highest BCUT2D eigenvalue weighted by molar-refractivity contribution is 7.90. The molecule has 0 fully saturated rings. The summed E-state index contributed by atoms with van der Waals surface area (Å²) in [5, 5.41) is 4.16. The summed E-state index contributed by atoms with van der Waals surface area (Å²) < 4.78 is 29.3. The molecule has 1 N–H and O–H groups in total. The van der Waals surface area contributed by atoms with Crippen molar-refractivity contribution >= 4 is 44.7 Å². The maximum absolute atomic E-state index is 12.7. The van der Waals surface area contributed by atoms with Gasteiger partial charge in [0, 0.05) is 21.3 Å². The summed E-state index contributed by atoms with van der Waals surface area (Å²) in [7, 11) is -3.88. The number of halogens is 2. The van der Waals surface area contributed by atoms with Crippen molar-refractivity contribution < 1.29 is 8.42 Å². The van der Waals surface area contributed by atoms with Gasteiger partial charge in [-0.2, -0.15) is 8.42 Å². The Balaban J connectivity index is 2.05. The monoisotopic (exact) mass is 404 g/mol. The van der Waals surface area contributed by atoms with E-state index in [0.29, 0.717) is 21.3 Å². The Morgan fingerprint density at radius 3 is 1.88 bits per heavy atom. The zero-order valence-corrected chi connectivity index (χ0v) is 15.8. The molecule has 4 nitrogen and oxygen atoms in total. The number of benzene rings is 3. The molecule has 3 aromatic carbocycles. The normalized spacial score (nSPS) is 12.0. The molecule has 0 heterocycles. The predicted octanol–water partition coefficient (Wildman–Crippen LogP) is 5.24. The SMILES string of the molecule is O=S(=O)(/N=C(\Nc1ccc(Cl)cc1)c1ccc(Cl)cc1)c1ccccc1. The van der Waals surface area contributed by atoms with Crippen molar-refractivity contribution in [3.05, 3.63) is 94.5 Å². The molecule has 0 unspecified atom stereocenters. The minimum absolute atomic E-state index is 0.115. The van der Waals surface area contributed by atoms with Gasteiger partial charge < -0.3 is 5.32 Å². The third kappa shape index (κ3) is 4.64. The maximum atomic E-state index is 12.7. The molecule has 3 aromatic rings. The third-order valence-electron chi connectivity index (χ3n) is 3.48. The van der Waals surface area contributed by atoms with Crippen LogP contribution in [0.2, 0.25) is 10.0 Å². The van der Waals surface area contributed by atoms with Gasteiger partial charge in [-0.25, -0.2) is 0 Å². The van der Waals surface area contributed by atoms with Crippen LogP contribution in [0, 0.1) is 0 Å². The van der Waals surface area contributed by atoms with Crippen molar-refractivity contribution in [2.75, 3.05) is 5.32 Å². The number of hydrogen-bond donors (Lipinski definition) is 1. The molecule has 0 aliphatic carbocycles. The van der Waals surface area contributed by atoms with Crippen molar-refractivity contribution in [2.24, 2.45) is 4.40 Å². The van der Waals surface area contributed by atoms with E-state index in [4.69, 9.17) is 23.2 Å². The smallest absolute Gasteiger partial charge is 0.284 e. The van der Waals surface area contributed by atoms with Gasteiger partial charge in [-0.3, -0.25) is 0 Å². The molecule has 3 rings (SSSR count). The summed E-state index contributed by atoms with van der Waals surface area (Å²) in [6.45, 7) is 0. The topological polar surface area (TPSA) is 58.5 Å². The molecule has 0 aliphatic heterocycles. The first-order valence-electron chi connectivity index (χ1n) is 7.63. The average Bonchev–Trinajstić information content (AvgIpc) is 2.64. The van der Waals surface area contributed by atoms with Crippen LogP contribution in [0.1, 0.15) is 5.56 Å². The number of nitrogens with one attached hydrogen (secondary N) is 1. The second-order valence-electron chi connectivity index (χ2n) is 5.37. The molecule has 0 amide bonds. The highest BCUT2D eigenvalue weighted by Crippen LogP contribution is 2.19. The van der Waals surface area contributed by atoms with Gasteiger partial charge in [0.25, 0.3) is 10.0 Å². The fraction of sp³-hybridized carbons (Fsp3) is 0. The van der Waals surface area contributed by atoms with E-state index in [-0.39, 0.29) is 10.7 Å². The van der Waals surface area contributed by atoms with Crippen LogP contribution in [-0.2, 0) is 10.0 Å². The van der Waals surface area contributed by atoms with E-state index in [1.54, 1.807) is 66.7 Å². The van der Waals surface area contributed by atoms with Gasteiger partial charge in [-0.05, 0) is 60.7 Å². The standard InChI is InChI=1S/C19H14Cl2N2O2S/c20-15-8-6-14(7-9-15)19(22-17-12-10-16(21)11-13-17)23-26(24,25)18-4-2-1-3-5-18/h1-13H,(H,22,23). The zero-order valence-electron chi connectivity index (χ0n) is 13.4. The van der Waals surface area contributed by atoms with Gasteiger partial charge in [0.2, 0.25) is 0 Å². The van der Waals surface area contributed by atoms with Crippen LogP contribution in [0.25, 0.3) is 0 Å². The second-order valence-corrected chi connectivity index (χ2v) is 7.84. The molecule has 0 radical (unpaired) electrons. The number of anilines is 1. The highest BCUT2D eigenvalue weighted by Gasteiger charge is 2.15. The molecule has 0 atom stereocenters. The van der Waals surface area contributed by atoms with Gasteiger partial charge >= 0.3 is 0 Å². The Kier molecular flexibility index (Phi) is 5.61. The zero-order chi connectivity index (χ0) is 18.6. The lowest BCUT2D eigenvalue weighted by Crippen LogP contribution is -2.16. The third-order valence-corrected chi connectivity index (χ3v) is 5.27. The fourth-order valence-electron chi connectivity index (χ4n) is 2.19. The summed E-state index contributed by atoms with van der Waals surface area (Å²) in [5.74, 6) is 0.188. The molecule has 0 saturated carbocycles. The first-order valence-corrected chi connectivity index (χ1v) is 9.82. The number of hydrogen-bond acceptors (Lipinski definition) is 2. The number of rotatable bonds is 4. The molecule has 132 valence electrons. The van der Waals surface area contributed by atoms with Crippen molar-refractivity contribution in [1.29, 1.82) is 0 Å². The van der Waals surface area contributed by atoms with Crippen LogP contribution in [-0.4, -0.2) is 14.3 Å².